The lowest BCUT2D eigenvalue weighted by Crippen LogP contribution is -2.28. The molecule has 0 aromatic carbocycles. The van der Waals surface area contributed by atoms with Crippen molar-refractivity contribution in [1.82, 2.24) is 5.32 Å². The molecule has 3 N–H and O–H groups in total. The van der Waals surface area contributed by atoms with Crippen LogP contribution in [0.25, 0.3) is 0 Å². The fourth-order valence-corrected chi connectivity index (χ4v) is 2.22. The highest BCUT2D eigenvalue weighted by Crippen LogP contribution is 2.22. The number of hydrogen-bond acceptors (Lipinski definition) is 3. The Morgan fingerprint density at radius 3 is 3.00 bits per heavy atom. The van der Waals surface area contributed by atoms with Gasteiger partial charge in [-0.05, 0) is 23.9 Å². The van der Waals surface area contributed by atoms with Crippen molar-refractivity contribution in [3.63, 3.8) is 0 Å². The quantitative estimate of drug-likeness (QED) is 0.709. The van der Waals surface area contributed by atoms with E-state index < -0.39 is 0 Å². The molecule has 0 aliphatic carbocycles. The van der Waals surface area contributed by atoms with Gasteiger partial charge in [0.2, 0.25) is 0 Å². The molecular formula is C10H14N2S. The Morgan fingerprint density at radius 1 is 1.77 bits per heavy atom. The molecule has 3 heteroatoms. The van der Waals surface area contributed by atoms with Crippen molar-refractivity contribution in [3.05, 3.63) is 21.9 Å². The molecule has 1 atom stereocenters. The first kappa shape index (κ1) is 10.3. The second-order valence-electron chi connectivity index (χ2n) is 2.84. The summed E-state index contributed by atoms with van der Waals surface area (Å²) < 4.78 is 0. The van der Waals surface area contributed by atoms with E-state index in [9.17, 15) is 0 Å². The number of terminal acetylenes is 1. The third kappa shape index (κ3) is 2.56. The van der Waals surface area contributed by atoms with E-state index in [1.807, 2.05) is 0 Å². The van der Waals surface area contributed by atoms with Crippen LogP contribution in [0.1, 0.15) is 16.5 Å². The molecule has 1 rings (SSSR count). The van der Waals surface area contributed by atoms with Gasteiger partial charge in [0.15, 0.2) is 0 Å². The fourth-order valence-electron chi connectivity index (χ4n) is 1.21. The van der Waals surface area contributed by atoms with Crippen LogP contribution in [0.3, 0.4) is 0 Å². The van der Waals surface area contributed by atoms with Crippen molar-refractivity contribution in [2.75, 3.05) is 13.1 Å². The molecule has 1 aromatic rings. The lowest BCUT2D eigenvalue weighted by atomic mass is 10.1. The highest BCUT2D eigenvalue weighted by atomic mass is 32.1. The number of hydrogen-bond donors (Lipinski definition) is 2. The summed E-state index contributed by atoms with van der Waals surface area (Å²) in [7, 11) is 0. The monoisotopic (exact) mass is 194 g/mol. The van der Waals surface area contributed by atoms with Gasteiger partial charge in [0.1, 0.15) is 0 Å². The number of nitrogens with two attached hydrogens (primary N) is 1. The molecule has 70 valence electrons. The molecular weight excluding hydrogens is 180 g/mol. The molecule has 13 heavy (non-hydrogen) atoms. The van der Waals surface area contributed by atoms with Crippen molar-refractivity contribution >= 4 is 11.3 Å². The van der Waals surface area contributed by atoms with Crippen LogP contribution in [0.15, 0.2) is 11.4 Å². The summed E-state index contributed by atoms with van der Waals surface area (Å²) in [5.74, 6) is 2.55. The standard InChI is InChI=1S/C10H14N2S/c1-3-5-12-9(7-11)10-8(2)4-6-13-10/h1,4,6,9,12H,5,7,11H2,2H3. The predicted molar refractivity (Wildman–Crippen MR) is 57.7 cm³/mol. The summed E-state index contributed by atoms with van der Waals surface area (Å²) in [6.07, 6.45) is 5.17. The zero-order chi connectivity index (χ0) is 9.68. The SMILES string of the molecule is C#CCNC(CN)c1sccc1C. The molecule has 1 aromatic heterocycles. The molecule has 0 saturated heterocycles. The van der Waals surface area contributed by atoms with Gasteiger partial charge in [-0.3, -0.25) is 5.32 Å². The molecule has 0 bridgehead atoms. The highest BCUT2D eigenvalue weighted by Gasteiger charge is 2.11. The van der Waals surface area contributed by atoms with Crippen LogP contribution in [-0.4, -0.2) is 13.1 Å². The van der Waals surface area contributed by atoms with E-state index in [4.69, 9.17) is 12.2 Å². The smallest absolute Gasteiger partial charge is 0.0579 e. The van der Waals surface area contributed by atoms with E-state index in [1.165, 1.54) is 10.4 Å². The summed E-state index contributed by atoms with van der Waals surface area (Å²) in [5, 5.41) is 5.29. The van der Waals surface area contributed by atoms with Crippen LogP contribution in [0, 0.1) is 19.3 Å². The van der Waals surface area contributed by atoms with Crippen LogP contribution < -0.4 is 11.1 Å². The predicted octanol–water partition coefficient (Wildman–Crippen LogP) is 1.28. The van der Waals surface area contributed by atoms with Crippen molar-refractivity contribution < 1.29 is 0 Å². The molecule has 1 unspecified atom stereocenters. The largest absolute Gasteiger partial charge is 0.329 e. The molecule has 0 aliphatic rings. The molecule has 0 spiro atoms. The topological polar surface area (TPSA) is 38.0 Å². The molecule has 0 aliphatic heterocycles. The number of nitrogens with one attached hydrogen (secondary N) is 1. The van der Waals surface area contributed by atoms with Crippen molar-refractivity contribution in [1.29, 1.82) is 0 Å². The van der Waals surface area contributed by atoms with E-state index in [2.05, 4.69) is 29.6 Å². The van der Waals surface area contributed by atoms with Gasteiger partial charge in [0.25, 0.3) is 0 Å². The van der Waals surface area contributed by atoms with Crippen molar-refractivity contribution in [2.24, 2.45) is 5.73 Å². The molecule has 1 heterocycles. The Labute approximate surface area is 83.2 Å². The molecule has 0 radical (unpaired) electrons. The summed E-state index contributed by atoms with van der Waals surface area (Å²) in [6.45, 7) is 3.24. The first-order chi connectivity index (χ1) is 6.29. The second-order valence-corrected chi connectivity index (χ2v) is 3.79. The van der Waals surface area contributed by atoms with Crippen LogP contribution in [-0.2, 0) is 0 Å². The Hall–Kier alpha value is -0.820. The van der Waals surface area contributed by atoms with E-state index in [-0.39, 0.29) is 6.04 Å². The Bertz CT molecular complexity index is 298. The van der Waals surface area contributed by atoms with Gasteiger partial charge in [0.05, 0.1) is 12.6 Å². The van der Waals surface area contributed by atoms with E-state index in [0.29, 0.717) is 13.1 Å². The van der Waals surface area contributed by atoms with Gasteiger partial charge in [-0.1, -0.05) is 5.92 Å². The summed E-state index contributed by atoms with van der Waals surface area (Å²) in [4.78, 5) is 1.29. The minimum Gasteiger partial charge on any atom is -0.329 e. The minimum atomic E-state index is 0.205. The van der Waals surface area contributed by atoms with Gasteiger partial charge in [0, 0.05) is 11.4 Å². The average Bonchev–Trinajstić information content (AvgIpc) is 2.54. The van der Waals surface area contributed by atoms with E-state index >= 15 is 0 Å². The van der Waals surface area contributed by atoms with Gasteiger partial charge >= 0.3 is 0 Å². The molecule has 0 saturated carbocycles. The van der Waals surface area contributed by atoms with Crippen LogP contribution in [0.4, 0.5) is 0 Å². The molecule has 2 nitrogen and oxygen atoms in total. The first-order valence-electron chi connectivity index (χ1n) is 4.20. The second kappa shape index (κ2) is 5.03. The maximum Gasteiger partial charge on any atom is 0.0579 e. The third-order valence-electron chi connectivity index (χ3n) is 1.90. The first-order valence-corrected chi connectivity index (χ1v) is 5.08. The Kier molecular flexibility index (Phi) is 3.97. The summed E-state index contributed by atoms with van der Waals surface area (Å²) in [5.41, 5.74) is 6.93. The van der Waals surface area contributed by atoms with E-state index in [0.717, 1.165) is 0 Å². The van der Waals surface area contributed by atoms with Crippen molar-refractivity contribution in [3.8, 4) is 12.3 Å². The normalized spacial score (nSPS) is 12.4. The lowest BCUT2D eigenvalue weighted by molar-refractivity contribution is 0.589. The number of rotatable bonds is 4. The van der Waals surface area contributed by atoms with Gasteiger partial charge in [-0.15, -0.1) is 17.8 Å². The number of thiophene rings is 1. The zero-order valence-electron chi connectivity index (χ0n) is 7.71. The maximum atomic E-state index is 5.65. The van der Waals surface area contributed by atoms with E-state index in [1.54, 1.807) is 11.3 Å². The molecule has 0 fully saturated rings. The minimum absolute atomic E-state index is 0.205. The van der Waals surface area contributed by atoms with Gasteiger partial charge in [-0.25, -0.2) is 0 Å². The van der Waals surface area contributed by atoms with Crippen molar-refractivity contribution in [2.45, 2.75) is 13.0 Å². The number of aryl methyl sites for hydroxylation is 1. The molecule has 0 amide bonds. The third-order valence-corrected chi connectivity index (χ3v) is 3.04. The maximum absolute atomic E-state index is 5.65. The highest BCUT2D eigenvalue weighted by molar-refractivity contribution is 7.10. The van der Waals surface area contributed by atoms with Crippen LogP contribution >= 0.6 is 11.3 Å². The Balaban J connectivity index is 2.68. The zero-order valence-corrected chi connectivity index (χ0v) is 8.53. The van der Waals surface area contributed by atoms with Crippen LogP contribution in [0.2, 0.25) is 0 Å². The van der Waals surface area contributed by atoms with Gasteiger partial charge in [-0.2, -0.15) is 0 Å². The van der Waals surface area contributed by atoms with Gasteiger partial charge < -0.3 is 5.73 Å². The summed E-state index contributed by atoms with van der Waals surface area (Å²) in [6, 6.07) is 2.30. The average molecular weight is 194 g/mol. The fraction of sp³-hybridized carbons (Fsp3) is 0.400. The van der Waals surface area contributed by atoms with Crippen LogP contribution in [0.5, 0.6) is 0 Å². The lowest BCUT2D eigenvalue weighted by Gasteiger charge is -2.14. The Morgan fingerprint density at radius 2 is 2.54 bits per heavy atom. The summed E-state index contributed by atoms with van der Waals surface area (Å²) >= 11 is 1.72.